The smallest absolute Gasteiger partial charge is 0.338 e. The SMILES string of the molecule is CCOC(=O)C1=C(C)N=c2s/c(=C\c3cccc(COc4ccc(I)cc4I)c3)c(=O)n2[C@H]1c1c(OC)ccc2ccccc12. The molecule has 0 spiro atoms. The van der Waals surface area contributed by atoms with Crippen molar-refractivity contribution < 1.29 is 19.0 Å². The Morgan fingerprint density at radius 2 is 1.82 bits per heavy atom. The lowest BCUT2D eigenvalue weighted by atomic mass is 9.90. The van der Waals surface area contributed by atoms with Crippen molar-refractivity contribution in [2.75, 3.05) is 13.7 Å². The van der Waals surface area contributed by atoms with Gasteiger partial charge >= 0.3 is 5.97 Å². The molecule has 4 aromatic carbocycles. The fourth-order valence-electron chi connectivity index (χ4n) is 5.48. The van der Waals surface area contributed by atoms with Crippen LogP contribution in [0.25, 0.3) is 16.8 Å². The number of nitrogens with zero attached hydrogens (tertiary/aromatic N) is 2. The summed E-state index contributed by atoms with van der Waals surface area (Å²) >= 11 is 5.85. The summed E-state index contributed by atoms with van der Waals surface area (Å²) in [7, 11) is 1.59. The number of rotatable bonds is 8. The zero-order chi connectivity index (χ0) is 31.7. The van der Waals surface area contributed by atoms with Gasteiger partial charge in [0.2, 0.25) is 0 Å². The quantitative estimate of drug-likeness (QED) is 0.128. The number of ether oxygens (including phenoxy) is 3. The van der Waals surface area contributed by atoms with Gasteiger partial charge in [0.25, 0.3) is 5.56 Å². The summed E-state index contributed by atoms with van der Waals surface area (Å²) in [6, 6.07) is 24.9. The zero-order valence-electron chi connectivity index (χ0n) is 24.7. The van der Waals surface area contributed by atoms with Gasteiger partial charge in [-0.15, -0.1) is 0 Å². The van der Waals surface area contributed by atoms with Crippen molar-refractivity contribution in [1.29, 1.82) is 0 Å². The van der Waals surface area contributed by atoms with E-state index in [0.29, 0.717) is 38.5 Å². The predicted octanol–water partition coefficient (Wildman–Crippen LogP) is 6.75. The molecule has 0 radical (unpaired) electrons. The van der Waals surface area contributed by atoms with E-state index in [1.807, 2.05) is 78.9 Å². The minimum Gasteiger partial charge on any atom is -0.496 e. The van der Waals surface area contributed by atoms with Crippen molar-refractivity contribution in [1.82, 2.24) is 4.57 Å². The molecule has 10 heteroatoms. The van der Waals surface area contributed by atoms with Gasteiger partial charge in [-0.2, -0.15) is 0 Å². The van der Waals surface area contributed by atoms with Gasteiger partial charge in [-0.25, -0.2) is 9.79 Å². The van der Waals surface area contributed by atoms with Gasteiger partial charge in [-0.1, -0.05) is 59.9 Å². The van der Waals surface area contributed by atoms with E-state index >= 15 is 0 Å². The minimum absolute atomic E-state index is 0.197. The van der Waals surface area contributed by atoms with Crippen LogP contribution in [0.2, 0.25) is 0 Å². The number of carbonyl (C=O) groups is 1. The van der Waals surface area contributed by atoms with Gasteiger partial charge in [0.05, 0.1) is 33.1 Å². The molecule has 6 rings (SSSR count). The molecule has 1 aliphatic rings. The van der Waals surface area contributed by atoms with Crippen LogP contribution in [0.3, 0.4) is 0 Å². The molecule has 7 nitrogen and oxygen atoms in total. The monoisotopic (exact) mass is 842 g/mol. The van der Waals surface area contributed by atoms with Crippen molar-refractivity contribution >= 4 is 79.3 Å². The molecule has 0 N–H and O–H groups in total. The summed E-state index contributed by atoms with van der Waals surface area (Å²) in [5.74, 6) is 0.884. The fraction of sp³-hybridized carbons (Fsp3) is 0.171. The van der Waals surface area contributed by atoms with Crippen LogP contribution < -0.4 is 24.4 Å². The maximum absolute atomic E-state index is 14.3. The zero-order valence-corrected chi connectivity index (χ0v) is 29.8. The number of aromatic nitrogens is 1. The standard InChI is InChI=1S/C35H28I2N2O5S/c1-4-43-34(41)30-20(2)38-35-39(32(30)31-25-11-6-5-10-23(25)12-14-28(31)42-3)33(40)29(45-35)17-21-8-7-9-22(16-21)19-44-27-15-13-24(36)18-26(27)37/h5-18,32H,4,19H2,1-3H3/b29-17-/t32-/m1/s1. The van der Waals surface area contributed by atoms with E-state index < -0.39 is 12.0 Å². The number of halogens is 2. The summed E-state index contributed by atoms with van der Waals surface area (Å²) in [6.45, 7) is 4.13. The Hall–Kier alpha value is -3.49. The van der Waals surface area contributed by atoms with Crippen LogP contribution in [0.1, 0.15) is 36.6 Å². The van der Waals surface area contributed by atoms with Gasteiger partial charge in [-0.3, -0.25) is 9.36 Å². The van der Waals surface area contributed by atoms with E-state index in [2.05, 4.69) is 51.2 Å². The van der Waals surface area contributed by atoms with E-state index in [1.165, 1.54) is 11.3 Å². The maximum Gasteiger partial charge on any atom is 0.338 e. The van der Waals surface area contributed by atoms with Crippen LogP contribution in [0.4, 0.5) is 0 Å². The molecule has 1 aliphatic heterocycles. The maximum atomic E-state index is 14.3. The topological polar surface area (TPSA) is 79.1 Å². The Bertz CT molecular complexity index is 2170. The average molecular weight is 842 g/mol. The number of methoxy groups -OCH3 is 1. The van der Waals surface area contributed by atoms with Gasteiger partial charge in [0.15, 0.2) is 4.80 Å². The van der Waals surface area contributed by atoms with Crippen LogP contribution in [-0.2, 0) is 16.1 Å². The number of carbonyl (C=O) groups excluding carboxylic acids is 1. The molecule has 5 aromatic rings. The molecular formula is C35H28I2N2O5S. The lowest BCUT2D eigenvalue weighted by Crippen LogP contribution is -2.40. The van der Waals surface area contributed by atoms with Gasteiger partial charge < -0.3 is 14.2 Å². The minimum atomic E-state index is -0.792. The molecule has 228 valence electrons. The van der Waals surface area contributed by atoms with Crippen molar-refractivity contribution in [2.45, 2.75) is 26.5 Å². The number of benzene rings is 4. The Morgan fingerprint density at radius 1 is 1.02 bits per heavy atom. The number of esters is 1. The Balaban J connectivity index is 1.47. The van der Waals surface area contributed by atoms with Crippen molar-refractivity contribution in [2.24, 2.45) is 4.99 Å². The lowest BCUT2D eigenvalue weighted by Gasteiger charge is -2.27. The Kier molecular flexibility index (Phi) is 9.43. The fourth-order valence-corrected chi connectivity index (χ4v) is 8.28. The van der Waals surface area contributed by atoms with E-state index in [9.17, 15) is 9.59 Å². The number of thiazole rings is 1. The van der Waals surface area contributed by atoms with Crippen LogP contribution in [0.15, 0.2) is 99.9 Å². The van der Waals surface area contributed by atoms with Crippen LogP contribution in [-0.4, -0.2) is 24.3 Å². The van der Waals surface area contributed by atoms with Crippen molar-refractivity contribution in [3.05, 3.63) is 134 Å². The summed E-state index contributed by atoms with van der Waals surface area (Å²) in [5.41, 5.74) is 3.12. The first-order valence-corrected chi connectivity index (χ1v) is 17.2. The van der Waals surface area contributed by atoms with E-state index in [1.54, 1.807) is 25.5 Å². The number of allylic oxidation sites excluding steroid dienone is 1. The van der Waals surface area contributed by atoms with Gasteiger partial charge in [0.1, 0.15) is 24.1 Å². The highest BCUT2D eigenvalue weighted by Gasteiger charge is 2.36. The van der Waals surface area contributed by atoms with Crippen LogP contribution >= 0.6 is 56.5 Å². The molecule has 2 heterocycles. The van der Waals surface area contributed by atoms with Crippen molar-refractivity contribution in [3.8, 4) is 11.5 Å². The summed E-state index contributed by atoms with van der Waals surface area (Å²) in [6.07, 6.45) is 1.86. The Labute approximate surface area is 291 Å². The summed E-state index contributed by atoms with van der Waals surface area (Å²) < 4.78 is 21.7. The van der Waals surface area contributed by atoms with Crippen molar-refractivity contribution in [3.63, 3.8) is 0 Å². The second-order valence-electron chi connectivity index (χ2n) is 10.3. The van der Waals surface area contributed by atoms with Gasteiger partial charge in [-0.05, 0) is 117 Å². The molecule has 0 saturated heterocycles. The highest BCUT2D eigenvalue weighted by Crippen LogP contribution is 2.40. The second kappa shape index (κ2) is 13.5. The molecule has 45 heavy (non-hydrogen) atoms. The highest BCUT2D eigenvalue weighted by molar-refractivity contribution is 14.1. The third-order valence-electron chi connectivity index (χ3n) is 7.48. The number of hydrogen-bond acceptors (Lipinski definition) is 7. The third kappa shape index (κ3) is 6.32. The third-order valence-corrected chi connectivity index (χ3v) is 9.98. The molecule has 0 aliphatic carbocycles. The molecule has 1 aromatic heterocycles. The van der Waals surface area contributed by atoms with Crippen LogP contribution in [0.5, 0.6) is 11.5 Å². The lowest BCUT2D eigenvalue weighted by molar-refractivity contribution is -0.139. The molecule has 1 atom stereocenters. The number of hydrogen-bond donors (Lipinski definition) is 0. The van der Waals surface area contributed by atoms with E-state index in [0.717, 1.165) is 34.8 Å². The first kappa shape index (κ1) is 31.5. The summed E-state index contributed by atoms with van der Waals surface area (Å²) in [5, 5.41) is 1.84. The Morgan fingerprint density at radius 3 is 2.60 bits per heavy atom. The van der Waals surface area contributed by atoms with E-state index in [4.69, 9.17) is 19.2 Å². The van der Waals surface area contributed by atoms with Gasteiger partial charge in [0, 0.05) is 9.13 Å². The molecule has 0 bridgehead atoms. The molecular weight excluding hydrogens is 814 g/mol. The molecule has 0 amide bonds. The highest BCUT2D eigenvalue weighted by atomic mass is 127. The number of fused-ring (bicyclic) bond motifs is 2. The predicted molar refractivity (Wildman–Crippen MR) is 194 cm³/mol. The molecule has 0 unspecified atom stereocenters. The van der Waals surface area contributed by atoms with E-state index in [-0.39, 0.29) is 12.2 Å². The summed E-state index contributed by atoms with van der Waals surface area (Å²) in [4.78, 5) is 33.0. The normalized spacial score (nSPS) is 14.7. The molecule has 0 fully saturated rings. The average Bonchev–Trinajstić information content (AvgIpc) is 3.33. The first-order valence-electron chi connectivity index (χ1n) is 14.2. The second-order valence-corrected chi connectivity index (χ2v) is 13.7. The molecule has 0 saturated carbocycles. The first-order chi connectivity index (χ1) is 21.8. The largest absolute Gasteiger partial charge is 0.496 e. The van der Waals surface area contributed by atoms with Crippen LogP contribution in [0, 0.1) is 7.14 Å².